The second kappa shape index (κ2) is 9.24. The van der Waals surface area contributed by atoms with Gasteiger partial charge in [0.2, 0.25) is 15.2 Å². The van der Waals surface area contributed by atoms with E-state index in [9.17, 15) is 8.42 Å². The van der Waals surface area contributed by atoms with Crippen LogP contribution in [-0.4, -0.2) is 37.4 Å². The van der Waals surface area contributed by atoms with Gasteiger partial charge in [0, 0.05) is 37.6 Å². The first-order chi connectivity index (χ1) is 14.5. The van der Waals surface area contributed by atoms with E-state index in [1.807, 2.05) is 37.3 Å². The second-order valence-corrected chi connectivity index (χ2v) is 10.2. The third kappa shape index (κ3) is 5.24. The Morgan fingerprint density at radius 2 is 1.77 bits per heavy atom. The van der Waals surface area contributed by atoms with E-state index in [4.69, 9.17) is 4.98 Å². The van der Waals surface area contributed by atoms with E-state index in [0.717, 1.165) is 48.9 Å². The van der Waals surface area contributed by atoms with Crippen LogP contribution in [0, 0.1) is 12.8 Å². The maximum atomic E-state index is 12.5. The van der Waals surface area contributed by atoms with Crippen molar-refractivity contribution in [3.8, 4) is 0 Å². The van der Waals surface area contributed by atoms with Crippen molar-refractivity contribution in [1.29, 1.82) is 0 Å². The molecule has 1 saturated heterocycles. The molecule has 1 aliphatic heterocycles. The van der Waals surface area contributed by atoms with Gasteiger partial charge in [-0.1, -0.05) is 48.0 Å². The molecule has 0 aliphatic carbocycles. The Bertz CT molecular complexity index is 1060. The van der Waals surface area contributed by atoms with E-state index in [2.05, 4.69) is 26.1 Å². The summed E-state index contributed by atoms with van der Waals surface area (Å²) in [5.74, 6) is 1.19. The molecule has 3 aromatic rings. The van der Waals surface area contributed by atoms with Gasteiger partial charge in [0.1, 0.15) is 5.82 Å². The highest BCUT2D eigenvalue weighted by atomic mass is 32.2. The summed E-state index contributed by atoms with van der Waals surface area (Å²) < 4.78 is 32.3. The molecule has 4 rings (SSSR count). The van der Waals surface area contributed by atoms with E-state index in [-0.39, 0.29) is 0 Å². The number of aryl methyl sites for hydroxylation is 1. The zero-order valence-corrected chi connectivity index (χ0v) is 18.6. The monoisotopic (exact) mass is 442 g/mol. The molecule has 1 aromatic heterocycles. The van der Waals surface area contributed by atoms with Gasteiger partial charge < -0.3 is 4.90 Å². The average molecular weight is 443 g/mol. The molecule has 2 heterocycles. The fourth-order valence-electron chi connectivity index (χ4n) is 3.58. The molecule has 1 fully saturated rings. The minimum Gasteiger partial charge on any atom is -0.347 e. The Morgan fingerprint density at radius 3 is 2.47 bits per heavy atom. The lowest BCUT2D eigenvalue weighted by molar-refractivity contribution is 0.401. The minimum absolute atomic E-state index is 0.324. The molecule has 2 aromatic carbocycles. The molecule has 30 heavy (non-hydrogen) atoms. The van der Waals surface area contributed by atoms with Crippen LogP contribution in [0.15, 0.2) is 59.5 Å². The van der Waals surface area contributed by atoms with E-state index < -0.39 is 10.0 Å². The zero-order valence-electron chi connectivity index (χ0n) is 17.0. The lowest BCUT2D eigenvalue weighted by Gasteiger charge is -2.31. The fraction of sp³-hybridized carbons (Fsp3) is 0.364. The molecule has 0 spiro atoms. The average Bonchev–Trinajstić information content (AvgIpc) is 3.22. The number of nitrogens with one attached hydrogen (secondary N) is 1. The van der Waals surface area contributed by atoms with E-state index in [0.29, 0.717) is 17.4 Å². The van der Waals surface area contributed by atoms with Gasteiger partial charge in [0.25, 0.3) is 0 Å². The molecule has 1 N–H and O–H groups in total. The summed E-state index contributed by atoms with van der Waals surface area (Å²) in [5, 5.41) is 0.958. The summed E-state index contributed by atoms with van der Waals surface area (Å²) in [4.78, 5) is 7.29. The maximum absolute atomic E-state index is 12.5. The van der Waals surface area contributed by atoms with Crippen LogP contribution in [0.3, 0.4) is 0 Å². The highest BCUT2D eigenvalue weighted by molar-refractivity contribution is 7.89. The lowest BCUT2D eigenvalue weighted by Crippen LogP contribution is -2.38. The highest BCUT2D eigenvalue weighted by Gasteiger charge is 2.24. The lowest BCUT2D eigenvalue weighted by atomic mass is 9.97. The number of aromatic nitrogens is 2. The van der Waals surface area contributed by atoms with Crippen LogP contribution in [0.25, 0.3) is 0 Å². The first kappa shape index (κ1) is 21.0. The number of sulfonamides is 1. The third-order valence-electron chi connectivity index (χ3n) is 5.44. The Hall–Kier alpha value is -2.29. The van der Waals surface area contributed by atoms with E-state index in [1.165, 1.54) is 17.1 Å². The fourth-order valence-corrected chi connectivity index (χ4v) is 5.43. The standard InChI is InChI=1S/C22H26N4O2S2/c1-17-7-9-20(10-8-17)30(27,28)23-16-19-11-13-26(14-12-19)22-24-21(25-29-22)15-18-5-3-2-4-6-18/h2-10,19,23H,11-16H2,1H3. The van der Waals surface area contributed by atoms with Crippen LogP contribution in [0.1, 0.15) is 29.8 Å². The molecule has 0 saturated carbocycles. The predicted molar refractivity (Wildman–Crippen MR) is 120 cm³/mol. The van der Waals surface area contributed by atoms with Gasteiger partial charge in [-0.05, 0) is 43.4 Å². The summed E-state index contributed by atoms with van der Waals surface area (Å²) in [6.07, 6.45) is 2.61. The maximum Gasteiger partial charge on any atom is 0.240 e. The van der Waals surface area contributed by atoms with Crippen LogP contribution in [0.4, 0.5) is 5.13 Å². The molecule has 8 heteroatoms. The summed E-state index contributed by atoms with van der Waals surface area (Å²) >= 11 is 1.45. The van der Waals surface area contributed by atoms with Crippen LogP contribution < -0.4 is 9.62 Å². The molecular formula is C22H26N4O2S2. The Labute approximate surface area is 182 Å². The largest absolute Gasteiger partial charge is 0.347 e. The van der Waals surface area contributed by atoms with Gasteiger partial charge in [-0.25, -0.2) is 18.1 Å². The number of hydrogen-bond donors (Lipinski definition) is 1. The number of benzene rings is 2. The molecule has 0 amide bonds. The SMILES string of the molecule is Cc1ccc(S(=O)(=O)NCC2CCN(c3nc(Cc4ccccc4)ns3)CC2)cc1. The van der Waals surface area contributed by atoms with Gasteiger partial charge in [-0.15, -0.1) is 0 Å². The van der Waals surface area contributed by atoms with Gasteiger partial charge in [-0.2, -0.15) is 4.37 Å². The Balaban J connectivity index is 1.27. The molecule has 158 valence electrons. The number of anilines is 1. The first-order valence-corrected chi connectivity index (χ1v) is 12.4. The van der Waals surface area contributed by atoms with E-state index in [1.54, 1.807) is 12.1 Å². The van der Waals surface area contributed by atoms with Crippen LogP contribution >= 0.6 is 11.5 Å². The van der Waals surface area contributed by atoms with Crippen LogP contribution in [0.5, 0.6) is 0 Å². The van der Waals surface area contributed by atoms with Crippen molar-refractivity contribution in [2.45, 2.75) is 31.1 Å². The molecule has 0 bridgehead atoms. The van der Waals surface area contributed by atoms with Crippen molar-refractivity contribution in [1.82, 2.24) is 14.1 Å². The van der Waals surface area contributed by atoms with Crippen LogP contribution in [-0.2, 0) is 16.4 Å². The molecule has 6 nitrogen and oxygen atoms in total. The number of rotatable bonds is 7. The molecular weight excluding hydrogens is 416 g/mol. The predicted octanol–water partition coefficient (Wildman–Crippen LogP) is 3.63. The third-order valence-corrected chi connectivity index (χ3v) is 7.70. The van der Waals surface area contributed by atoms with Crippen molar-refractivity contribution in [2.75, 3.05) is 24.5 Å². The van der Waals surface area contributed by atoms with Crippen LogP contribution in [0.2, 0.25) is 0 Å². The van der Waals surface area contributed by atoms with E-state index >= 15 is 0 Å². The summed E-state index contributed by atoms with van der Waals surface area (Å²) in [5.41, 5.74) is 2.26. The molecule has 1 aliphatic rings. The van der Waals surface area contributed by atoms with Gasteiger partial charge >= 0.3 is 0 Å². The molecule has 0 radical (unpaired) electrons. The zero-order chi connectivity index (χ0) is 21.0. The minimum atomic E-state index is -3.45. The number of nitrogens with zero attached hydrogens (tertiary/aromatic N) is 3. The van der Waals surface area contributed by atoms with Crippen molar-refractivity contribution in [3.63, 3.8) is 0 Å². The van der Waals surface area contributed by atoms with Gasteiger partial charge in [0.15, 0.2) is 0 Å². The molecule has 0 atom stereocenters. The Kier molecular flexibility index (Phi) is 6.46. The highest BCUT2D eigenvalue weighted by Crippen LogP contribution is 2.25. The molecule has 0 unspecified atom stereocenters. The summed E-state index contributed by atoms with van der Waals surface area (Å²) in [7, 11) is -3.45. The smallest absolute Gasteiger partial charge is 0.240 e. The second-order valence-electron chi connectivity index (χ2n) is 7.75. The van der Waals surface area contributed by atoms with Crippen molar-refractivity contribution >= 4 is 26.7 Å². The topological polar surface area (TPSA) is 75.2 Å². The normalized spacial score (nSPS) is 15.4. The first-order valence-electron chi connectivity index (χ1n) is 10.2. The number of hydrogen-bond acceptors (Lipinski definition) is 6. The van der Waals surface area contributed by atoms with Crippen molar-refractivity contribution < 1.29 is 8.42 Å². The van der Waals surface area contributed by atoms with Gasteiger partial charge in [0.05, 0.1) is 4.90 Å². The van der Waals surface area contributed by atoms with Crippen molar-refractivity contribution in [3.05, 3.63) is 71.5 Å². The number of piperidine rings is 1. The van der Waals surface area contributed by atoms with Gasteiger partial charge in [-0.3, -0.25) is 0 Å². The van der Waals surface area contributed by atoms with Crippen molar-refractivity contribution in [2.24, 2.45) is 5.92 Å². The summed E-state index contributed by atoms with van der Waals surface area (Å²) in [6.45, 7) is 4.16. The summed E-state index contributed by atoms with van der Waals surface area (Å²) in [6, 6.07) is 17.2. The quantitative estimate of drug-likeness (QED) is 0.605. The Morgan fingerprint density at radius 1 is 1.07 bits per heavy atom.